The molecule has 0 aromatic heterocycles. The maximum Gasteiger partial charge on any atom is 2.00 e. The minimum Gasteiger partial charge on any atom is -0.346 e. The number of hydrogen-bond donors (Lipinski definition) is 0. The summed E-state index contributed by atoms with van der Waals surface area (Å²) in [5, 5.41) is -0.386. The quantitative estimate of drug-likeness (QED) is 0.369. The van der Waals surface area contributed by atoms with Gasteiger partial charge in [0.15, 0.2) is 0 Å². The number of carbonyl (C=O) groups excluding carboxylic acids is 1. The van der Waals surface area contributed by atoms with Gasteiger partial charge in [-0.15, -0.1) is 0 Å². The monoisotopic (exact) mass is 182 g/mol. The summed E-state index contributed by atoms with van der Waals surface area (Å²) in [4.78, 5) is 9.88. The SMILES string of the molecule is [CH2-]CC[CH-]C(=O)Cl.[Zn+2]. The summed E-state index contributed by atoms with van der Waals surface area (Å²) in [6.45, 7) is 3.52. The van der Waals surface area contributed by atoms with E-state index >= 15 is 0 Å². The van der Waals surface area contributed by atoms with Gasteiger partial charge < -0.3 is 18.1 Å². The zero-order chi connectivity index (χ0) is 5.70. The van der Waals surface area contributed by atoms with Gasteiger partial charge in [-0.05, 0) is 0 Å². The third-order valence-electron chi connectivity index (χ3n) is 0.509. The maximum absolute atomic E-state index is 9.88. The van der Waals surface area contributed by atoms with Crippen molar-refractivity contribution in [1.29, 1.82) is 0 Å². The molecule has 0 aromatic rings. The molecule has 1 nitrogen and oxygen atoms in total. The van der Waals surface area contributed by atoms with Crippen molar-refractivity contribution in [2.45, 2.75) is 12.8 Å². The molecule has 0 saturated carbocycles. The molecule has 0 fully saturated rings. The first-order chi connectivity index (χ1) is 3.27. The van der Waals surface area contributed by atoms with Crippen LogP contribution in [-0.2, 0) is 24.3 Å². The van der Waals surface area contributed by atoms with E-state index in [9.17, 15) is 4.79 Å². The Morgan fingerprint density at radius 2 is 2.25 bits per heavy atom. The standard InChI is InChI=1S/C5H7ClO.Zn/c1-2-3-4-5(6)7;/h4H,1-3H2;/q-2;+2. The summed E-state index contributed by atoms with van der Waals surface area (Å²) in [5.41, 5.74) is 0. The van der Waals surface area contributed by atoms with E-state index in [0.717, 1.165) is 6.42 Å². The normalized spacial score (nSPS) is 7.25. The Balaban J connectivity index is 0. The second-order valence-corrected chi connectivity index (χ2v) is 1.52. The third kappa shape index (κ3) is 9.68. The number of unbranched alkanes of at least 4 members (excludes halogenated alkanes) is 1. The molecule has 8 heavy (non-hydrogen) atoms. The van der Waals surface area contributed by atoms with Crippen molar-refractivity contribution in [3.05, 3.63) is 13.3 Å². The van der Waals surface area contributed by atoms with Gasteiger partial charge in [0.2, 0.25) is 0 Å². The number of halogens is 1. The van der Waals surface area contributed by atoms with Gasteiger partial charge in [0.25, 0.3) is 0 Å². The Labute approximate surface area is 67.5 Å². The van der Waals surface area contributed by atoms with Crippen LogP contribution in [0.5, 0.6) is 0 Å². The van der Waals surface area contributed by atoms with E-state index in [1.807, 2.05) is 0 Å². The van der Waals surface area contributed by atoms with Gasteiger partial charge in [-0.1, -0.05) is 11.6 Å². The summed E-state index contributed by atoms with van der Waals surface area (Å²) in [5.74, 6) is 0. The summed E-state index contributed by atoms with van der Waals surface area (Å²) >= 11 is 4.93. The van der Waals surface area contributed by atoms with E-state index in [4.69, 9.17) is 11.6 Å². The van der Waals surface area contributed by atoms with Crippen LogP contribution in [0.1, 0.15) is 12.8 Å². The van der Waals surface area contributed by atoms with Crippen LogP contribution in [0.2, 0.25) is 0 Å². The second kappa shape index (κ2) is 7.45. The smallest absolute Gasteiger partial charge is 0.346 e. The van der Waals surface area contributed by atoms with Crippen molar-refractivity contribution in [3.63, 3.8) is 0 Å². The molecule has 0 spiro atoms. The van der Waals surface area contributed by atoms with Gasteiger partial charge in [-0.2, -0.15) is 6.42 Å². The summed E-state index contributed by atoms with van der Waals surface area (Å²) in [7, 11) is 0. The molecule has 42 valence electrons. The van der Waals surface area contributed by atoms with E-state index in [1.54, 1.807) is 0 Å². The molecule has 0 aromatic carbocycles. The van der Waals surface area contributed by atoms with Crippen LogP contribution < -0.4 is 0 Å². The second-order valence-electron chi connectivity index (χ2n) is 1.15. The maximum atomic E-state index is 9.88. The van der Waals surface area contributed by atoms with Crippen molar-refractivity contribution in [3.8, 4) is 0 Å². The number of hydrogen-bond acceptors (Lipinski definition) is 1. The van der Waals surface area contributed by atoms with Crippen molar-refractivity contribution < 1.29 is 24.3 Å². The Hall–Kier alpha value is 0.453. The first kappa shape index (κ1) is 11.3. The van der Waals surface area contributed by atoms with Crippen LogP contribution in [0.15, 0.2) is 0 Å². The predicted molar refractivity (Wildman–Crippen MR) is 29.8 cm³/mol. The van der Waals surface area contributed by atoms with Crippen molar-refractivity contribution in [1.82, 2.24) is 0 Å². The summed E-state index contributed by atoms with van der Waals surface area (Å²) in [6, 6.07) is 0. The topological polar surface area (TPSA) is 17.1 Å². The van der Waals surface area contributed by atoms with Gasteiger partial charge in [-0.25, -0.2) is 6.42 Å². The molecule has 0 radical (unpaired) electrons. The van der Waals surface area contributed by atoms with Crippen LogP contribution in [-0.4, -0.2) is 5.24 Å². The molecule has 0 atom stereocenters. The molecule has 0 bridgehead atoms. The van der Waals surface area contributed by atoms with E-state index in [-0.39, 0.29) is 24.7 Å². The fourth-order valence-corrected chi connectivity index (χ4v) is 0.325. The zero-order valence-corrected chi connectivity index (χ0v) is 8.42. The number of carbonyl (C=O) groups is 1. The fraction of sp³-hybridized carbons (Fsp3) is 0.400. The molecule has 0 amide bonds. The molecule has 0 N–H and O–H groups in total. The van der Waals surface area contributed by atoms with Crippen molar-refractivity contribution in [2.75, 3.05) is 0 Å². The molecule has 0 aliphatic rings. The van der Waals surface area contributed by atoms with E-state index < -0.39 is 0 Å². The van der Waals surface area contributed by atoms with Gasteiger partial charge in [-0.3, -0.25) is 0 Å². The molecule has 0 heterocycles. The zero-order valence-electron chi connectivity index (χ0n) is 4.69. The minimum atomic E-state index is -0.386. The largest absolute Gasteiger partial charge is 2.00 e. The molecule has 0 rings (SSSR count). The average Bonchev–Trinajstić information content (AvgIpc) is 1.61. The van der Waals surface area contributed by atoms with Crippen LogP contribution in [0.25, 0.3) is 0 Å². The van der Waals surface area contributed by atoms with Crippen LogP contribution in [0, 0.1) is 13.3 Å². The first-order valence-corrected chi connectivity index (χ1v) is 2.47. The molecule has 0 saturated heterocycles. The van der Waals surface area contributed by atoms with E-state index in [2.05, 4.69) is 6.92 Å². The van der Waals surface area contributed by atoms with E-state index in [0.29, 0.717) is 6.42 Å². The Morgan fingerprint density at radius 3 is 2.38 bits per heavy atom. The van der Waals surface area contributed by atoms with Gasteiger partial charge in [0.05, 0.1) is 5.24 Å². The van der Waals surface area contributed by atoms with Crippen LogP contribution in [0.4, 0.5) is 0 Å². The molecule has 0 aliphatic carbocycles. The number of rotatable bonds is 3. The Morgan fingerprint density at radius 1 is 1.75 bits per heavy atom. The minimum absolute atomic E-state index is 0. The van der Waals surface area contributed by atoms with Gasteiger partial charge in [0, 0.05) is 0 Å². The van der Waals surface area contributed by atoms with Gasteiger partial charge in [0.1, 0.15) is 0 Å². The summed E-state index contributed by atoms with van der Waals surface area (Å²) < 4.78 is 0. The fourth-order valence-electron chi connectivity index (χ4n) is 0.216. The first-order valence-electron chi connectivity index (χ1n) is 2.09. The molecular weight excluding hydrogens is 177 g/mol. The van der Waals surface area contributed by atoms with Crippen LogP contribution >= 0.6 is 11.6 Å². The molecule has 0 aliphatic heterocycles. The average molecular weight is 184 g/mol. The van der Waals surface area contributed by atoms with E-state index in [1.165, 1.54) is 6.42 Å². The Bertz CT molecular complexity index is 65.4. The molecule has 0 unspecified atom stereocenters. The van der Waals surface area contributed by atoms with Crippen molar-refractivity contribution in [2.24, 2.45) is 0 Å². The van der Waals surface area contributed by atoms with Gasteiger partial charge >= 0.3 is 19.5 Å². The van der Waals surface area contributed by atoms with Crippen molar-refractivity contribution >= 4 is 16.8 Å². The van der Waals surface area contributed by atoms with Crippen LogP contribution in [0.3, 0.4) is 0 Å². The predicted octanol–water partition coefficient (Wildman–Crippen LogP) is 1.57. The molecule has 3 heteroatoms. The molecular formula is C5H7ClOZn. The summed E-state index contributed by atoms with van der Waals surface area (Å²) in [6.07, 6.45) is 2.83. The Kier molecular flexibility index (Phi) is 10.5. The third-order valence-corrected chi connectivity index (χ3v) is 0.663.